The summed E-state index contributed by atoms with van der Waals surface area (Å²) in [5, 5.41) is 0. The maximum Gasteiger partial charge on any atom is 0.182 e. The minimum absolute atomic E-state index is 0.735. The summed E-state index contributed by atoms with van der Waals surface area (Å²) in [6.45, 7) is 0. The minimum Gasteiger partial charge on any atom is -0.265 e. The van der Waals surface area contributed by atoms with Crippen LogP contribution in [0.5, 0.6) is 0 Å². The Bertz CT molecular complexity index is 316. The molecule has 2 rings (SSSR count). The first-order valence-electron chi connectivity index (χ1n) is 5.27. The maximum atomic E-state index is 10.9. The van der Waals surface area contributed by atoms with Gasteiger partial charge >= 0.3 is 0 Å². The molecule has 1 aliphatic carbocycles. The van der Waals surface area contributed by atoms with E-state index in [1.165, 1.54) is 37.7 Å². The number of halogens is 1. The summed E-state index contributed by atoms with van der Waals surface area (Å²) in [7, 11) is 0. The average Bonchev–Trinajstić information content (AvgIpc) is 2.30. The third-order valence-corrected chi connectivity index (χ3v) is 4.19. The quantitative estimate of drug-likeness (QED) is 0.748. The summed E-state index contributed by atoms with van der Waals surface area (Å²) in [5.74, 6) is 0.735. The zero-order valence-corrected chi connectivity index (χ0v) is 10.4. The molecular formula is C12H15IO. The van der Waals surface area contributed by atoms with Crippen LogP contribution >= 0.6 is 21.2 Å². The van der Waals surface area contributed by atoms with Gasteiger partial charge in [-0.1, -0.05) is 31.4 Å². The maximum absolute atomic E-state index is 10.9. The largest absolute Gasteiger partial charge is 0.265 e. The first-order chi connectivity index (χ1) is 6.90. The first kappa shape index (κ1) is 10.3. The van der Waals surface area contributed by atoms with Crippen LogP contribution in [0.1, 0.15) is 43.6 Å². The van der Waals surface area contributed by atoms with Crippen LogP contribution in [0, 0.1) is 3.57 Å². The van der Waals surface area contributed by atoms with E-state index in [9.17, 15) is 3.07 Å². The lowest BCUT2D eigenvalue weighted by atomic mass is 9.84. The number of benzene rings is 1. The highest BCUT2D eigenvalue weighted by molar-refractivity contribution is 14.1. The van der Waals surface area contributed by atoms with Crippen LogP contribution in [0.25, 0.3) is 0 Å². The van der Waals surface area contributed by atoms with E-state index in [0.717, 1.165) is 9.49 Å². The predicted octanol–water partition coefficient (Wildman–Crippen LogP) is 4.22. The summed E-state index contributed by atoms with van der Waals surface area (Å²) < 4.78 is 11.9. The molecule has 0 N–H and O–H groups in total. The molecule has 0 atom stereocenters. The molecular weight excluding hydrogens is 287 g/mol. The number of rotatable bonds is 2. The van der Waals surface area contributed by atoms with Crippen molar-refractivity contribution in [3.63, 3.8) is 0 Å². The fourth-order valence-electron chi connectivity index (χ4n) is 2.24. The molecule has 1 fully saturated rings. The molecule has 1 aromatic rings. The van der Waals surface area contributed by atoms with Gasteiger partial charge in [0, 0.05) is 3.57 Å². The van der Waals surface area contributed by atoms with Crippen LogP contribution in [-0.2, 0) is 3.07 Å². The van der Waals surface area contributed by atoms with Gasteiger partial charge in [-0.2, -0.15) is 0 Å². The standard InChI is InChI=1S/C12H15IO/c14-13-12-8-4-7-11(9-12)10-5-2-1-3-6-10/h4,7-10H,1-3,5-6H2. The van der Waals surface area contributed by atoms with Crippen LogP contribution in [0.3, 0.4) is 0 Å². The topological polar surface area (TPSA) is 17.1 Å². The third kappa shape index (κ3) is 2.41. The van der Waals surface area contributed by atoms with Gasteiger partial charge in [-0.15, -0.1) is 0 Å². The Hall–Kier alpha value is -0.250. The van der Waals surface area contributed by atoms with Crippen molar-refractivity contribution in [2.45, 2.75) is 38.0 Å². The van der Waals surface area contributed by atoms with Crippen LogP contribution in [0.4, 0.5) is 0 Å². The van der Waals surface area contributed by atoms with Crippen molar-refractivity contribution < 1.29 is 3.07 Å². The molecule has 14 heavy (non-hydrogen) atoms. The van der Waals surface area contributed by atoms with Crippen molar-refractivity contribution >= 4 is 21.2 Å². The lowest BCUT2D eigenvalue weighted by Crippen LogP contribution is -2.04. The zero-order valence-electron chi connectivity index (χ0n) is 8.21. The summed E-state index contributed by atoms with van der Waals surface area (Å²) in [6, 6.07) is 8.37. The molecule has 1 aliphatic rings. The van der Waals surface area contributed by atoms with E-state index >= 15 is 0 Å². The lowest BCUT2D eigenvalue weighted by molar-refractivity contribution is 0.443. The van der Waals surface area contributed by atoms with E-state index < -0.39 is 21.2 Å². The van der Waals surface area contributed by atoms with E-state index in [4.69, 9.17) is 0 Å². The molecule has 0 saturated heterocycles. The van der Waals surface area contributed by atoms with Crippen molar-refractivity contribution in [3.05, 3.63) is 33.4 Å². The molecule has 0 bridgehead atoms. The Kier molecular flexibility index (Phi) is 3.67. The molecule has 2 heteroatoms. The molecule has 1 aromatic carbocycles. The molecule has 0 radical (unpaired) electrons. The van der Waals surface area contributed by atoms with Crippen molar-refractivity contribution in [1.29, 1.82) is 0 Å². The van der Waals surface area contributed by atoms with Crippen molar-refractivity contribution in [2.24, 2.45) is 0 Å². The second-order valence-corrected chi connectivity index (χ2v) is 5.65. The van der Waals surface area contributed by atoms with Crippen LogP contribution < -0.4 is 0 Å². The van der Waals surface area contributed by atoms with Gasteiger partial charge in [-0.25, -0.2) is 0 Å². The van der Waals surface area contributed by atoms with E-state index in [1.54, 1.807) is 0 Å². The highest BCUT2D eigenvalue weighted by Gasteiger charge is 2.15. The van der Waals surface area contributed by atoms with E-state index in [1.807, 2.05) is 6.07 Å². The van der Waals surface area contributed by atoms with E-state index in [0.29, 0.717) is 0 Å². The normalized spacial score (nSPS) is 18.3. The second-order valence-electron chi connectivity index (χ2n) is 3.97. The van der Waals surface area contributed by atoms with Crippen LogP contribution in [0.2, 0.25) is 0 Å². The second kappa shape index (κ2) is 5.01. The first-order valence-corrected chi connectivity index (χ1v) is 7.23. The van der Waals surface area contributed by atoms with E-state index in [2.05, 4.69) is 18.2 Å². The average molecular weight is 302 g/mol. The Labute approximate surface area is 95.6 Å². The summed E-state index contributed by atoms with van der Waals surface area (Å²) >= 11 is -0.980. The molecule has 0 aliphatic heterocycles. The fourth-order valence-corrected chi connectivity index (χ4v) is 3.09. The Morgan fingerprint density at radius 1 is 1.14 bits per heavy atom. The van der Waals surface area contributed by atoms with Crippen molar-refractivity contribution in [2.75, 3.05) is 0 Å². The van der Waals surface area contributed by atoms with Crippen molar-refractivity contribution in [3.8, 4) is 0 Å². The van der Waals surface area contributed by atoms with Gasteiger partial charge in [0.2, 0.25) is 0 Å². The zero-order chi connectivity index (χ0) is 9.80. The molecule has 1 nitrogen and oxygen atoms in total. The number of hydrogen-bond acceptors (Lipinski definition) is 1. The summed E-state index contributed by atoms with van der Waals surface area (Å²) in [4.78, 5) is 0. The van der Waals surface area contributed by atoms with Gasteiger partial charge in [0.1, 0.15) is 0 Å². The molecule has 0 heterocycles. The van der Waals surface area contributed by atoms with Crippen LogP contribution in [0.15, 0.2) is 24.3 Å². The lowest BCUT2D eigenvalue weighted by Gasteiger charge is -2.21. The minimum atomic E-state index is -0.980. The summed E-state index contributed by atoms with van der Waals surface area (Å²) in [5.41, 5.74) is 1.41. The van der Waals surface area contributed by atoms with Gasteiger partial charge in [-0.05, 0) is 36.5 Å². The smallest absolute Gasteiger partial charge is 0.182 e. The van der Waals surface area contributed by atoms with Gasteiger partial charge in [0.25, 0.3) is 0 Å². The predicted molar refractivity (Wildman–Crippen MR) is 65.7 cm³/mol. The SMILES string of the molecule is O=Ic1cccc(C2CCCCC2)c1. The molecule has 0 unspecified atom stereocenters. The van der Waals surface area contributed by atoms with Crippen molar-refractivity contribution in [1.82, 2.24) is 0 Å². The Morgan fingerprint density at radius 2 is 1.93 bits per heavy atom. The van der Waals surface area contributed by atoms with Crippen LogP contribution in [-0.4, -0.2) is 0 Å². The third-order valence-electron chi connectivity index (χ3n) is 3.01. The monoisotopic (exact) mass is 302 g/mol. The Morgan fingerprint density at radius 3 is 2.64 bits per heavy atom. The highest BCUT2D eigenvalue weighted by Crippen LogP contribution is 2.33. The van der Waals surface area contributed by atoms with E-state index in [-0.39, 0.29) is 0 Å². The molecule has 1 saturated carbocycles. The Balaban J connectivity index is 2.17. The summed E-state index contributed by atoms with van der Waals surface area (Å²) in [6.07, 6.45) is 6.76. The number of hydrogen-bond donors (Lipinski definition) is 0. The molecule has 0 spiro atoms. The molecule has 76 valence electrons. The van der Waals surface area contributed by atoms with Gasteiger partial charge in [0.05, 0.1) is 0 Å². The molecule has 0 aromatic heterocycles. The van der Waals surface area contributed by atoms with Gasteiger partial charge in [0.15, 0.2) is 21.2 Å². The fraction of sp³-hybridized carbons (Fsp3) is 0.500. The van der Waals surface area contributed by atoms with Gasteiger partial charge < -0.3 is 0 Å². The highest BCUT2D eigenvalue weighted by atomic mass is 127. The van der Waals surface area contributed by atoms with Gasteiger partial charge in [-0.3, -0.25) is 3.07 Å². The molecule has 0 amide bonds.